The van der Waals surface area contributed by atoms with Gasteiger partial charge in [0.15, 0.2) is 0 Å². The van der Waals surface area contributed by atoms with E-state index in [4.69, 9.17) is 5.73 Å². The lowest BCUT2D eigenvalue weighted by atomic mass is 10.2. The zero-order chi connectivity index (χ0) is 15.0. The Morgan fingerprint density at radius 1 is 1.24 bits per heavy atom. The third-order valence-corrected chi connectivity index (χ3v) is 4.04. The Morgan fingerprint density at radius 3 is 2.81 bits per heavy atom. The normalized spacial score (nSPS) is 10.8. The van der Waals surface area contributed by atoms with Crippen LogP contribution in [0.2, 0.25) is 0 Å². The Balaban J connectivity index is 2.03. The molecule has 3 rings (SSSR count). The Labute approximate surface area is 129 Å². The van der Waals surface area contributed by atoms with E-state index in [9.17, 15) is 4.79 Å². The summed E-state index contributed by atoms with van der Waals surface area (Å²) in [7, 11) is 0. The van der Waals surface area contributed by atoms with Gasteiger partial charge in [0.1, 0.15) is 0 Å². The maximum absolute atomic E-state index is 12.1. The molecule has 0 spiro atoms. The maximum atomic E-state index is 12.1. The van der Waals surface area contributed by atoms with Crippen molar-refractivity contribution in [3.05, 3.63) is 56.8 Å². The lowest BCUT2D eigenvalue weighted by Gasteiger charge is -2.08. The van der Waals surface area contributed by atoms with E-state index < -0.39 is 0 Å². The van der Waals surface area contributed by atoms with Gasteiger partial charge in [-0.15, -0.1) is 0 Å². The minimum Gasteiger partial charge on any atom is -0.399 e. The van der Waals surface area contributed by atoms with Crippen LogP contribution in [0.4, 0.5) is 17.3 Å². The van der Waals surface area contributed by atoms with Gasteiger partial charge < -0.3 is 11.1 Å². The van der Waals surface area contributed by atoms with E-state index in [-0.39, 0.29) is 5.56 Å². The Bertz CT molecular complexity index is 888. The van der Waals surface area contributed by atoms with Crippen LogP contribution in [0.1, 0.15) is 5.56 Å². The average Bonchev–Trinajstić information content (AvgIpc) is 2.44. The topological polar surface area (TPSA) is 83.8 Å². The SMILES string of the molecule is Cc1cc(Nc2nc3ccc(N)cc3c(=O)[nH]2)ccc1Br. The average molecular weight is 345 g/mol. The van der Waals surface area contributed by atoms with Crippen molar-refractivity contribution in [1.82, 2.24) is 9.97 Å². The molecule has 0 fully saturated rings. The predicted octanol–water partition coefficient (Wildman–Crippen LogP) is 3.32. The van der Waals surface area contributed by atoms with Gasteiger partial charge in [-0.25, -0.2) is 4.98 Å². The first-order chi connectivity index (χ1) is 10.0. The summed E-state index contributed by atoms with van der Waals surface area (Å²) in [5.41, 5.74) is 8.56. The van der Waals surface area contributed by atoms with Crippen LogP contribution in [0, 0.1) is 6.92 Å². The molecule has 0 amide bonds. The van der Waals surface area contributed by atoms with Crippen LogP contribution in [0.3, 0.4) is 0 Å². The summed E-state index contributed by atoms with van der Waals surface area (Å²) in [4.78, 5) is 19.2. The third-order valence-electron chi connectivity index (χ3n) is 3.15. The van der Waals surface area contributed by atoms with Crippen molar-refractivity contribution in [3.8, 4) is 0 Å². The highest BCUT2D eigenvalue weighted by molar-refractivity contribution is 9.10. The molecule has 4 N–H and O–H groups in total. The summed E-state index contributed by atoms with van der Waals surface area (Å²) in [6.07, 6.45) is 0. The minimum atomic E-state index is -0.219. The molecular formula is C15H13BrN4O. The highest BCUT2D eigenvalue weighted by atomic mass is 79.9. The lowest BCUT2D eigenvalue weighted by Crippen LogP contribution is -2.11. The van der Waals surface area contributed by atoms with E-state index in [1.54, 1.807) is 18.2 Å². The van der Waals surface area contributed by atoms with Crippen LogP contribution in [0.15, 0.2) is 45.7 Å². The number of hydrogen-bond acceptors (Lipinski definition) is 4. The number of nitrogen functional groups attached to an aromatic ring is 1. The summed E-state index contributed by atoms with van der Waals surface area (Å²) < 4.78 is 1.03. The van der Waals surface area contributed by atoms with Gasteiger partial charge >= 0.3 is 0 Å². The number of fused-ring (bicyclic) bond motifs is 1. The second kappa shape index (κ2) is 5.21. The van der Waals surface area contributed by atoms with E-state index in [1.807, 2.05) is 25.1 Å². The van der Waals surface area contributed by atoms with Gasteiger partial charge in [0.25, 0.3) is 5.56 Å². The summed E-state index contributed by atoms with van der Waals surface area (Å²) in [6, 6.07) is 10.9. The van der Waals surface area contributed by atoms with Crippen molar-refractivity contribution in [2.24, 2.45) is 0 Å². The summed E-state index contributed by atoms with van der Waals surface area (Å²) in [6.45, 7) is 1.99. The van der Waals surface area contributed by atoms with Crippen LogP contribution in [-0.4, -0.2) is 9.97 Å². The molecule has 0 unspecified atom stereocenters. The molecule has 0 saturated carbocycles. The monoisotopic (exact) mass is 344 g/mol. The number of halogens is 1. The van der Waals surface area contributed by atoms with Crippen molar-refractivity contribution in [2.45, 2.75) is 6.92 Å². The minimum absolute atomic E-state index is 0.219. The van der Waals surface area contributed by atoms with Crippen LogP contribution >= 0.6 is 15.9 Å². The van der Waals surface area contributed by atoms with Gasteiger partial charge in [-0.3, -0.25) is 9.78 Å². The molecule has 106 valence electrons. The lowest BCUT2D eigenvalue weighted by molar-refractivity contribution is 1.17. The molecule has 21 heavy (non-hydrogen) atoms. The molecule has 0 bridgehead atoms. The number of hydrogen-bond donors (Lipinski definition) is 3. The summed E-state index contributed by atoms with van der Waals surface area (Å²) in [5, 5.41) is 3.58. The zero-order valence-electron chi connectivity index (χ0n) is 11.3. The molecule has 0 aliphatic heterocycles. The van der Waals surface area contributed by atoms with Crippen LogP contribution in [-0.2, 0) is 0 Å². The van der Waals surface area contributed by atoms with Gasteiger partial charge in [0.05, 0.1) is 10.9 Å². The molecule has 1 heterocycles. The molecule has 0 atom stereocenters. The van der Waals surface area contributed by atoms with Gasteiger partial charge in [-0.05, 0) is 48.9 Å². The summed E-state index contributed by atoms with van der Waals surface area (Å²) >= 11 is 3.45. The smallest absolute Gasteiger partial charge is 0.260 e. The maximum Gasteiger partial charge on any atom is 0.260 e. The molecule has 1 aromatic heterocycles. The molecule has 0 aliphatic rings. The number of H-pyrrole nitrogens is 1. The largest absolute Gasteiger partial charge is 0.399 e. The van der Waals surface area contributed by atoms with E-state index in [1.165, 1.54) is 0 Å². The van der Waals surface area contributed by atoms with Crippen molar-refractivity contribution >= 4 is 44.2 Å². The highest BCUT2D eigenvalue weighted by Crippen LogP contribution is 2.22. The number of aryl methyl sites for hydroxylation is 1. The second-order valence-electron chi connectivity index (χ2n) is 4.78. The standard InChI is InChI=1S/C15H13BrN4O/c1-8-6-10(3-4-12(8)16)18-15-19-13-5-2-9(17)7-11(13)14(21)20-15/h2-7H,17H2,1H3,(H2,18,19,20,21). The number of aromatic amines is 1. The Morgan fingerprint density at radius 2 is 2.05 bits per heavy atom. The number of aromatic nitrogens is 2. The molecule has 6 heteroatoms. The third kappa shape index (κ3) is 2.75. The van der Waals surface area contributed by atoms with E-state index in [0.29, 0.717) is 22.5 Å². The van der Waals surface area contributed by atoms with E-state index in [2.05, 4.69) is 31.2 Å². The van der Waals surface area contributed by atoms with Crippen molar-refractivity contribution < 1.29 is 0 Å². The number of nitrogens with one attached hydrogen (secondary N) is 2. The predicted molar refractivity (Wildman–Crippen MR) is 88.9 cm³/mol. The molecule has 0 aliphatic carbocycles. The van der Waals surface area contributed by atoms with Gasteiger partial charge in [0.2, 0.25) is 5.95 Å². The second-order valence-corrected chi connectivity index (χ2v) is 5.63. The van der Waals surface area contributed by atoms with Crippen molar-refractivity contribution in [2.75, 3.05) is 11.1 Å². The van der Waals surface area contributed by atoms with Crippen LogP contribution in [0.25, 0.3) is 10.9 Å². The number of nitrogens with zero attached hydrogens (tertiary/aromatic N) is 1. The van der Waals surface area contributed by atoms with Crippen molar-refractivity contribution in [3.63, 3.8) is 0 Å². The van der Waals surface area contributed by atoms with Crippen LogP contribution < -0.4 is 16.6 Å². The Kier molecular flexibility index (Phi) is 3.39. The zero-order valence-corrected chi connectivity index (χ0v) is 12.9. The van der Waals surface area contributed by atoms with Crippen molar-refractivity contribution in [1.29, 1.82) is 0 Å². The fraction of sp³-hybridized carbons (Fsp3) is 0.0667. The molecule has 0 radical (unpaired) electrons. The number of nitrogens with two attached hydrogens (primary N) is 1. The number of benzene rings is 2. The van der Waals surface area contributed by atoms with Gasteiger partial charge in [-0.2, -0.15) is 0 Å². The molecule has 2 aromatic carbocycles. The molecule has 0 saturated heterocycles. The summed E-state index contributed by atoms with van der Waals surface area (Å²) in [5.74, 6) is 0.402. The molecular weight excluding hydrogens is 332 g/mol. The first kappa shape index (κ1) is 13.6. The first-order valence-corrected chi connectivity index (χ1v) is 7.15. The van der Waals surface area contributed by atoms with E-state index in [0.717, 1.165) is 15.7 Å². The first-order valence-electron chi connectivity index (χ1n) is 6.36. The van der Waals surface area contributed by atoms with Gasteiger partial charge in [0, 0.05) is 15.8 Å². The molecule has 3 aromatic rings. The van der Waals surface area contributed by atoms with E-state index >= 15 is 0 Å². The molecule has 5 nitrogen and oxygen atoms in total. The van der Waals surface area contributed by atoms with Gasteiger partial charge in [-0.1, -0.05) is 15.9 Å². The number of rotatable bonds is 2. The quantitative estimate of drug-likeness (QED) is 0.622. The Hall–Kier alpha value is -2.34. The number of anilines is 3. The highest BCUT2D eigenvalue weighted by Gasteiger charge is 2.05. The fourth-order valence-corrected chi connectivity index (χ4v) is 2.32. The van der Waals surface area contributed by atoms with Crippen LogP contribution in [0.5, 0.6) is 0 Å². The fourth-order valence-electron chi connectivity index (χ4n) is 2.07.